The highest BCUT2D eigenvalue weighted by Crippen LogP contribution is 2.37. The highest BCUT2D eigenvalue weighted by atomic mass is 32.1. The third kappa shape index (κ3) is 4.78. The van der Waals surface area contributed by atoms with Crippen LogP contribution in [0.2, 0.25) is 0 Å². The van der Waals surface area contributed by atoms with E-state index in [9.17, 15) is 10.1 Å². The molecule has 1 heterocycles. The maximum absolute atomic E-state index is 12.8. The molecule has 0 aliphatic heterocycles. The molecule has 0 aromatic carbocycles. The van der Waals surface area contributed by atoms with Crippen LogP contribution in [-0.2, 0) is 17.6 Å². The third-order valence-corrected chi connectivity index (χ3v) is 7.74. The summed E-state index contributed by atoms with van der Waals surface area (Å²) in [4.78, 5) is 12.8. The van der Waals surface area contributed by atoms with Gasteiger partial charge in [-0.05, 0) is 67.9 Å². The molecule has 5 heteroatoms. The lowest BCUT2D eigenvalue weighted by Crippen LogP contribution is -2.27. The highest BCUT2D eigenvalue weighted by Gasteiger charge is 2.28. The first-order valence-corrected chi connectivity index (χ1v) is 11.7. The molecule has 1 amide bonds. The molecule has 0 spiro atoms. The average molecular weight is 403 g/mol. The lowest BCUT2D eigenvalue weighted by Gasteiger charge is -2.28. The van der Waals surface area contributed by atoms with Crippen molar-refractivity contribution in [3.63, 3.8) is 0 Å². The molecule has 1 saturated carbocycles. The fraction of sp³-hybridized carbons (Fsp3) is 0.682. The second-order valence-corrected chi connectivity index (χ2v) is 10.0. The molecule has 0 saturated heterocycles. The van der Waals surface area contributed by atoms with E-state index in [1.165, 1.54) is 36.2 Å². The molecule has 1 fully saturated rings. The summed E-state index contributed by atoms with van der Waals surface area (Å²) in [6, 6.07) is 2.35. The van der Waals surface area contributed by atoms with Crippen molar-refractivity contribution < 1.29 is 4.79 Å². The minimum Gasteiger partial charge on any atom is -0.316 e. The molecule has 27 heavy (non-hydrogen) atoms. The molecule has 146 valence electrons. The van der Waals surface area contributed by atoms with E-state index < -0.39 is 0 Å². The molecule has 3 nitrogen and oxygen atoms in total. The Bertz CT molecular complexity index is 785. The Balaban J connectivity index is 1.71. The third-order valence-electron chi connectivity index (χ3n) is 6.31. The molecule has 0 radical (unpaired) electrons. The van der Waals surface area contributed by atoms with Gasteiger partial charge in [-0.3, -0.25) is 4.79 Å². The van der Waals surface area contributed by atoms with Crippen molar-refractivity contribution >= 4 is 34.5 Å². The molecular formula is C22H30N2OS2. The van der Waals surface area contributed by atoms with Crippen molar-refractivity contribution in [1.29, 1.82) is 5.26 Å². The van der Waals surface area contributed by atoms with Gasteiger partial charge in [-0.25, -0.2) is 0 Å². The smallest absolute Gasteiger partial charge is 0.228 e. The molecule has 1 N–H and O–H groups in total. The maximum Gasteiger partial charge on any atom is 0.228 e. The quantitative estimate of drug-likeness (QED) is 0.579. The molecule has 2 aliphatic rings. The Hall–Kier alpha value is -1.25. The summed E-state index contributed by atoms with van der Waals surface area (Å²) in [5.41, 5.74) is 2.90. The van der Waals surface area contributed by atoms with Crippen LogP contribution in [0.4, 0.5) is 5.00 Å². The fourth-order valence-corrected chi connectivity index (χ4v) is 5.96. The molecule has 1 aromatic rings. The van der Waals surface area contributed by atoms with Crippen LogP contribution in [0.3, 0.4) is 0 Å². The Kier molecular flexibility index (Phi) is 7.05. The number of nitriles is 1. The lowest BCUT2D eigenvalue weighted by molar-refractivity contribution is -0.121. The van der Waals surface area contributed by atoms with Crippen LogP contribution < -0.4 is 5.32 Å². The van der Waals surface area contributed by atoms with Crippen LogP contribution in [0.25, 0.3) is 0 Å². The summed E-state index contributed by atoms with van der Waals surface area (Å²) in [6.45, 7) is 4.47. The zero-order chi connectivity index (χ0) is 19.4. The molecule has 1 atom stereocenters. The predicted molar refractivity (Wildman–Crippen MR) is 115 cm³/mol. The number of nitrogens with one attached hydrogen (secondary N) is 1. The van der Waals surface area contributed by atoms with Gasteiger partial charge >= 0.3 is 0 Å². The zero-order valence-corrected chi connectivity index (χ0v) is 18.1. The molecule has 3 rings (SSSR count). The highest BCUT2D eigenvalue weighted by molar-refractivity contribution is 7.73. The van der Waals surface area contributed by atoms with Crippen LogP contribution in [-0.4, -0.2) is 5.91 Å². The predicted octanol–water partition coefficient (Wildman–Crippen LogP) is 6.41. The van der Waals surface area contributed by atoms with Crippen molar-refractivity contribution in [2.75, 3.05) is 5.32 Å². The number of unbranched alkanes of at least 4 members (excludes halogenated alkanes) is 1. The van der Waals surface area contributed by atoms with Crippen molar-refractivity contribution in [3.8, 4) is 6.07 Å². The zero-order valence-electron chi connectivity index (χ0n) is 16.5. The summed E-state index contributed by atoms with van der Waals surface area (Å²) in [5.74, 6) is 1.55. The van der Waals surface area contributed by atoms with E-state index in [1.807, 2.05) is 0 Å². The van der Waals surface area contributed by atoms with Crippen molar-refractivity contribution in [1.82, 2.24) is 0 Å². The summed E-state index contributed by atoms with van der Waals surface area (Å²) >= 11 is 7.02. The number of hydrogen-bond acceptors (Lipinski definition) is 4. The first kappa shape index (κ1) is 20.5. The second-order valence-electron chi connectivity index (χ2n) is 8.36. The molecule has 0 bridgehead atoms. The van der Waals surface area contributed by atoms with Gasteiger partial charge in [-0.15, -0.1) is 11.3 Å². The minimum absolute atomic E-state index is 0.0752. The lowest BCUT2D eigenvalue weighted by atomic mass is 9.79. The normalized spacial score (nSPS) is 24.7. The van der Waals surface area contributed by atoms with Gasteiger partial charge in [0.1, 0.15) is 11.1 Å². The van der Waals surface area contributed by atoms with E-state index in [0.29, 0.717) is 16.5 Å². The van der Waals surface area contributed by atoms with Crippen LogP contribution in [0.1, 0.15) is 81.9 Å². The van der Waals surface area contributed by atoms with Gasteiger partial charge < -0.3 is 5.32 Å². The summed E-state index contributed by atoms with van der Waals surface area (Å²) in [5, 5.41) is 13.5. The van der Waals surface area contributed by atoms with E-state index in [-0.39, 0.29) is 11.8 Å². The Labute approximate surface area is 172 Å². The van der Waals surface area contributed by atoms with Crippen molar-refractivity contribution in [2.45, 2.75) is 78.1 Å². The number of nitrogens with zero attached hydrogens (tertiary/aromatic N) is 1. The van der Waals surface area contributed by atoms with Crippen LogP contribution in [0.5, 0.6) is 0 Å². The van der Waals surface area contributed by atoms with Gasteiger partial charge in [0.05, 0.1) is 9.39 Å². The monoisotopic (exact) mass is 402 g/mol. The van der Waals surface area contributed by atoms with E-state index in [2.05, 4.69) is 25.2 Å². The van der Waals surface area contributed by atoms with Gasteiger partial charge in [0.2, 0.25) is 5.91 Å². The van der Waals surface area contributed by atoms with Gasteiger partial charge in [0, 0.05) is 5.92 Å². The van der Waals surface area contributed by atoms with Gasteiger partial charge in [-0.2, -0.15) is 5.26 Å². The number of carbonyl (C=O) groups is 1. The van der Waals surface area contributed by atoms with Crippen LogP contribution in [0, 0.1) is 32.9 Å². The second kappa shape index (κ2) is 9.30. The fourth-order valence-electron chi connectivity index (χ4n) is 4.57. The molecular weight excluding hydrogens is 372 g/mol. The number of fused-ring (bicyclic) bond motifs is 1. The number of rotatable bonds is 5. The van der Waals surface area contributed by atoms with Crippen molar-refractivity contribution in [3.05, 3.63) is 20.5 Å². The maximum atomic E-state index is 12.8. The van der Waals surface area contributed by atoms with E-state index in [0.717, 1.165) is 60.3 Å². The van der Waals surface area contributed by atoms with E-state index in [4.69, 9.17) is 12.2 Å². The standard InChI is InChI=1S/C22H30N2OS2/c1-3-4-5-15-7-9-16(10-8-15)20(25)24-21-19(13-23)17-11-6-14(2)12-18(17)22(26)27-21/h14-16H,3-12H2,1-2H3,(H,24,25). The molecule has 1 unspecified atom stereocenters. The van der Waals surface area contributed by atoms with Crippen LogP contribution in [0.15, 0.2) is 0 Å². The summed E-state index contributed by atoms with van der Waals surface area (Å²) in [6.07, 6.45) is 11.0. The first-order valence-electron chi connectivity index (χ1n) is 10.4. The number of anilines is 1. The Morgan fingerprint density at radius 3 is 2.67 bits per heavy atom. The van der Waals surface area contributed by atoms with Gasteiger partial charge in [-0.1, -0.05) is 45.3 Å². The van der Waals surface area contributed by atoms with E-state index >= 15 is 0 Å². The first-order chi connectivity index (χ1) is 13.0. The van der Waals surface area contributed by atoms with Crippen molar-refractivity contribution in [2.24, 2.45) is 17.8 Å². The van der Waals surface area contributed by atoms with Gasteiger partial charge in [0.15, 0.2) is 0 Å². The van der Waals surface area contributed by atoms with Crippen LogP contribution >= 0.6 is 23.6 Å². The number of amides is 1. The Morgan fingerprint density at radius 1 is 1.26 bits per heavy atom. The van der Waals surface area contributed by atoms with Gasteiger partial charge in [0.25, 0.3) is 0 Å². The molecule has 2 aliphatic carbocycles. The largest absolute Gasteiger partial charge is 0.316 e. The molecule has 1 aromatic heterocycles. The minimum atomic E-state index is 0.0752. The summed E-state index contributed by atoms with van der Waals surface area (Å²) in [7, 11) is 0. The SMILES string of the molecule is CCCCC1CCC(C(=O)Nc2sc(=S)c3c(c2C#N)CCC(C)C3)CC1. The van der Waals surface area contributed by atoms with E-state index in [1.54, 1.807) is 0 Å². The topological polar surface area (TPSA) is 52.9 Å². The summed E-state index contributed by atoms with van der Waals surface area (Å²) < 4.78 is 0.842. The number of hydrogen-bond donors (Lipinski definition) is 1. The Morgan fingerprint density at radius 2 is 2.00 bits per heavy atom. The average Bonchev–Trinajstić information content (AvgIpc) is 2.67. The number of carbonyl (C=O) groups excluding carboxylic acids is 1.